The van der Waals surface area contributed by atoms with Gasteiger partial charge in [0.05, 0.1) is 0 Å². The van der Waals surface area contributed by atoms with Crippen molar-refractivity contribution in [3.8, 4) is 11.4 Å². The van der Waals surface area contributed by atoms with Gasteiger partial charge < -0.3 is 5.32 Å². The van der Waals surface area contributed by atoms with Gasteiger partial charge in [-0.3, -0.25) is 14.2 Å². The number of aryl methyl sites for hydroxylation is 1. The maximum atomic E-state index is 13.7. The maximum Gasteiger partial charge on any atom is 0.254 e. The minimum absolute atomic E-state index is 0.215. The van der Waals surface area contributed by atoms with Gasteiger partial charge in [0.2, 0.25) is 5.91 Å². The molecule has 1 amide bonds. The summed E-state index contributed by atoms with van der Waals surface area (Å²) in [7, 11) is 0. The summed E-state index contributed by atoms with van der Waals surface area (Å²) in [5, 5.41) is 2.83. The van der Waals surface area contributed by atoms with E-state index in [1.54, 1.807) is 18.2 Å². The second-order valence-corrected chi connectivity index (χ2v) is 7.19. The molecular formula is C23H24FN3O2. The minimum atomic E-state index is -0.430. The van der Waals surface area contributed by atoms with Crippen molar-refractivity contribution in [3.63, 3.8) is 0 Å². The lowest BCUT2D eigenvalue weighted by molar-refractivity contribution is -0.116. The summed E-state index contributed by atoms with van der Waals surface area (Å²) in [6, 6.07) is 14.9. The van der Waals surface area contributed by atoms with Crippen LogP contribution < -0.4 is 10.9 Å². The molecule has 0 bridgehead atoms. The van der Waals surface area contributed by atoms with Crippen molar-refractivity contribution in [2.45, 2.75) is 39.7 Å². The van der Waals surface area contributed by atoms with Crippen LogP contribution >= 0.6 is 0 Å². The molecule has 0 radical (unpaired) electrons. The van der Waals surface area contributed by atoms with Gasteiger partial charge in [-0.15, -0.1) is 0 Å². The van der Waals surface area contributed by atoms with E-state index in [0.29, 0.717) is 29.3 Å². The summed E-state index contributed by atoms with van der Waals surface area (Å²) in [6.45, 7) is 5.82. The van der Waals surface area contributed by atoms with E-state index in [1.165, 1.54) is 22.8 Å². The van der Waals surface area contributed by atoms with E-state index in [9.17, 15) is 14.0 Å². The molecule has 0 fully saturated rings. The standard InChI is InChI=1S/C23H24FN3O2/c1-4-19-13-22(29)27(23(26-19)17-8-5-9-18(24)11-17)14-21(28)25-20-10-6-7-16(12-20)15(2)3/h5-13,15H,4,14H2,1-3H3,(H,25,28). The van der Waals surface area contributed by atoms with E-state index in [4.69, 9.17) is 0 Å². The predicted molar refractivity (Wildman–Crippen MR) is 112 cm³/mol. The smallest absolute Gasteiger partial charge is 0.254 e. The van der Waals surface area contributed by atoms with Crippen LogP contribution in [0.2, 0.25) is 0 Å². The Hall–Kier alpha value is -3.28. The van der Waals surface area contributed by atoms with Crippen molar-refractivity contribution in [2.75, 3.05) is 5.32 Å². The van der Waals surface area contributed by atoms with Crippen molar-refractivity contribution >= 4 is 11.6 Å². The highest BCUT2D eigenvalue weighted by Crippen LogP contribution is 2.20. The van der Waals surface area contributed by atoms with Crippen LogP contribution in [-0.4, -0.2) is 15.5 Å². The first-order valence-electron chi connectivity index (χ1n) is 9.64. The highest BCUT2D eigenvalue weighted by Gasteiger charge is 2.15. The molecule has 0 saturated carbocycles. The molecule has 1 heterocycles. The fraction of sp³-hybridized carbons (Fsp3) is 0.261. The van der Waals surface area contributed by atoms with Crippen LogP contribution in [0.25, 0.3) is 11.4 Å². The van der Waals surface area contributed by atoms with Gasteiger partial charge in [-0.2, -0.15) is 0 Å². The summed E-state index contributed by atoms with van der Waals surface area (Å²) in [6.07, 6.45) is 0.562. The number of rotatable bonds is 6. The topological polar surface area (TPSA) is 64.0 Å². The fourth-order valence-electron chi connectivity index (χ4n) is 3.06. The number of hydrogen-bond donors (Lipinski definition) is 1. The number of halogens is 1. The molecule has 5 nitrogen and oxygen atoms in total. The number of aromatic nitrogens is 2. The van der Waals surface area contributed by atoms with Crippen LogP contribution in [-0.2, 0) is 17.8 Å². The molecule has 1 N–H and O–H groups in total. The first-order chi connectivity index (χ1) is 13.9. The van der Waals surface area contributed by atoms with E-state index < -0.39 is 5.82 Å². The third-order valence-corrected chi connectivity index (χ3v) is 4.65. The minimum Gasteiger partial charge on any atom is -0.325 e. The average Bonchev–Trinajstić information content (AvgIpc) is 2.69. The van der Waals surface area contributed by atoms with Crippen molar-refractivity contribution in [1.82, 2.24) is 9.55 Å². The third kappa shape index (κ3) is 4.96. The van der Waals surface area contributed by atoms with Gasteiger partial charge in [-0.25, -0.2) is 9.37 Å². The molecule has 3 rings (SSSR count). The molecule has 150 valence electrons. The van der Waals surface area contributed by atoms with Gasteiger partial charge in [0, 0.05) is 23.0 Å². The average molecular weight is 393 g/mol. The highest BCUT2D eigenvalue weighted by molar-refractivity contribution is 5.90. The normalized spacial score (nSPS) is 10.9. The van der Waals surface area contributed by atoms with Crippen LogP contribution in [0.1, 0.15) is 37.9 Å². The Labute approximate surface area is 169 Å². The molecule has 6 heteroatoms. The van der Waals surface area contributed by atoms with Crippen LogP contribution in [0.15, 0.2) is 59.4 Å². The highest BCUT2D eigenvalue weighted by atomic mass is 19.1. The molecular weight excluding hydrogens is 369 g/mol. The van der Waals surface area contributed by atoms with Crippen molar-refractivity contribution in [3.05, 3.63) is 82.0 Å². The first kappa shape index (κ1) is 20.5. The molecule has 0 aliphatic heterocycles. The van der Waals surface area contributed by atoms with Gasteiger partial charge in [0.15, 0.2) is 0 Å². The first-order valence-corrected chi connectivity index (χ1v) is 9.64. The van der Waals surface area contributed by atoms with Crippen molar-refractivity contribution in [1.29, 1.82) is 0 Å². The van der Waals surface area contributed by atoms with Crippen LogP contribution in [0.4, 0.5) is 10.1 Å². The quantitative estimate of drug-likeness (QED) is 0.676. The van der Waals surface area contributed by atoms with Crippen molar-refractivity contribution < 1.29 is 9.18 Å². The molecule has 0 spiro atoms. The molecule has 0 atom stereocenters. The summed E-state index contributed by atoms with van der Waals surface area (Å²) in [5.41, 5.74) is 2.47. The number of carbonyl (C=O) groups excluding carboxylic acids is 1. The zero-order chi connectivity index (χ0) is 21.0. The zero-order valence-corrected chi connectivity index (χ0v) is 16.8. The molecule has 2 aromatic carbocycles. The van der Waals surface area contributed by atoms with Crippen molar-refractivity contribution in [2.24, 2.45) is 0 Å². The lowest BCUT2D eigenvalue weighted by Crippen LogP contribution is -2.30. The number of hydrogen-bond acceptors (Lipinski definition) is 3. The Balaban J connectivity index is 1.93. The number of anilines is 1. The Bertz CT molecular complexity index is 1090. The Morgan fingerprint density at radius 3 is 2.59 bits per heavy atom. The zero-order valence-electron chi connectivity index (χ0n) is 16.8. The molecule has 1 aromatic heterocycles. The maximum absolute atomic E-state index is 13.7. The number of benzene rings is 2. The number of nitrogens with zero attached hydrogens (tertiary/aromatic N) is 2. The Kier molecular flexibility index (Phi) is 6.22. The summed E-state index contributed by atoms with van der Waals surface area (Å²) in [5.74, 6) is -0.170. The largest absolute Gasteiger partial charge is 0.325 e. The lowest BCUT2D eigenvalue weighted by atomic mass is 10.0. The van der Waals surface area contributed by atoms with E-state index in [2.05, 4.69) is 24.1 Å². The van der Waals surface area contributed by atoms with Crippen LogP contribution in [0, 0.1) is 5.82 Å². The summed E-state index contributed by atoms with van der Waals surface area (Å²) >= 11 is 0. The van der Waals surface area contributed by atoms with Crippen LogP contribution in [0.5, 0.6) is 0 Å². The molecule has 0 aliphatic carbocycles. The lowest BCUT2D eigenvalue weighted by Gasteiger charge is -2.14. The van der Waals surface area contributed by atoms with E-state index in [0.717, 1.165) is 5.56 Å². The number of nitrogens with one attached hydrogen (secondary N) is 1. The van der Waals surface area contributed by atoms with Gasteiger partial charge in [-0.1, -0.05) is 45.0 Å². The Morgan fingerprint density at radius 1 is 1.14 bits per heavy atom. The second kappa shape index (κ2) is 8.82. The molecule has 0 unspecified atom stereocenters. The molecule has 3 aromatic rings. The summed E-state index contributed by atoms with van der Waals surface area (Å²) in [4.78, 5) is 29.8. The third-order valence-electron chi connectivity index (χ3n) is 4.65. The van der Waals surface area contributed by atoms with E-state index in [-0.39, 0.29) is 23.8 Å². The van der Waals surface area contributed by atoms with Gasteiger partial charge >= 0.3 is 0 Å². The van der Waals surface area contributed by atoms with Gasteiger partial charge in [0.25, 0.3) is 5.56 Å². The number of amides is 1. The van der Waals surface area contributed by atoms with E-state index >= 15 is 0 Å². The van der Waals surface area contributed by atoms with Crippen LogP contribution in [0.3, 0.4) is 0 Å². The molecule has 0 aliphatic rings. The van der Waals surface area contributed by atoms with Gasteiger partial charge in [0.1, 0.15) is 18.2 Å². The number of carbonyl (C=O) groups is 1. The van der Waals surface area contributed by atoms with E-state index in [1.807, 2.05) is 25.1 Å². The monoisotopic (exact) mass is 393 g/mol. The molecule has 0 saturated heterocycles. The summed E-state index contributed by atoms with van der Waals surface area (Å²) < 4.78 is 15.0. The second-order valence-electron chi connectivity index (χ2n) is 7.19. The predicted octanol–water partition coefficient (Wildman–Crippen LogP) is 4.37. The molecule has 29 heavy (non-hydrogen) atoms. The Morgan fingerprint density at radius 2 is 1.90 bits per heavy atom. The van der Waals surface area contributed by atoms with Gasteiger partial charge in [-0.05, 0) is 42.2 Å². The fourth-order valence-corrected chi connectivity index (χ4v) is 3.06. The SMILES string of the molecule is CCc1cc(=O)n(CC(=O)Nc2cccc(C(C)C)c2)c(-c2cccc(F)c2)n1.